The van der Waals surface area contributed by atoms with E-state index in [1.807, 2.05) is 0 Å². The van der Waals surface area contributed by atoms with Gasteiger partial charge in [0.05, 0.1) is 14.2 Å². The van der Waals surface area contributed by atoms with Crippen molar-refractivity contribution in [3.8, 4) is 11.5 Å². The predicted molar refractivity (Wildman–Crippen MR) is 84.6 cm³/mol. The Kier molecular flexibility index (Phi) is 5.40. The molecular formula is C16H17F2NO4S. The normalized spacial score (nSPS) is 11.6. The lowest BCUT2D eigenvalue weighted by Crippen LogP contribution is -2.27. The molecule has 130 valence electrons. The molecule has 0 saturated carbocycles. The van der Waals surface area contributed by atoms with Gasteiger partial charge in [-0.15, -0.1) is 0 Å². The van der Waals surface area contributed by atoms with E-state index in [2.05, 4.69) is 0 Å². The van der Waals surface area contributed by atoms with Crippen molar-refractivity contribution < 1.29 is 26.7 Å². The number of sulfonamides is 1. The molecule has 0 aliphatic carbocycles. The van der Waals surface area contributed by atoms with Crippen LogP contribution in [0.15, 0.2) is 41.3 Å². The molecule has 0 atom stereocenters. The summed E-state index contributed by atoms with van der Waals surface area (Å²) in [5, 5.41) is 0. The van der Waals surface area contributed by atoms with Crippen LogP contribution in [0, 0.1) is 11.6 Å². The second kappa shape index (κ2) is 7.14. The van der Waals surface area contributed by atoms with Crippen LogP contribution in [0.3, 0.4) is 0 Å². The third kappa shape index (κ3) is 3.49. The lowest BCUT2D eigenvalue weighted by molar-refractivity contribution is 0.349. The van der Waals surface area contributed by atoms with Gasteiger partial charge in [-0.05, 0) is 6.07 Å². The number of rotatable bonds is 6. The third-order valence-electron chi connectivity index (χ3n) is 3.48. The molecule has 5 nitrogen and oxygen atoms in total. The number of hydrogen-bond donors (Lipinski definition) is 0. The molecule has 0 heterocycles. The van der Waals surface area contributed by atoms with E-state index >= 15 is 0 Å². The van der Waals surface area contributed by atoms with E-state index in [0.717, 1.165) is 16.4 Å². The Balaban J connectivity index is 2.41. The van der Waals surface area contributed by atoms with Crippen molar-refractivity contribution in [1.29, 1.82) is 0 Å². The zero-order chi connectivity index (χ0) is 17.9. The summed E-state index contributed by atoms with van der Waals surface area (Å²) in [5.41, 5.74) is 0.185. The molecule has 2 aromatic rings. The summed E-state index contributed by atoms with van der Waals surface area (Å²) in [7, 11) is -0.308. The van der Waals surface area contributed by atoms with E-state index in [9.17, 15) is 17.2 Å². The fourth-order valence-corrected chi connectivity index (χ4v) is 3.36. The SMILES string of the molecule is COc1cc(F)c(S(=O)(=O)N(C)Cc2ccccc2F)cc1OC. The lowest BCUT2D eigenvalue weighted by atomic mass is 10.2. The van der Waals surface area contributed by atoms with Crippen molar-refractivity contribution in [1.82, 2.24) is 4.31 Å². The Labute approximate surface area is 139 Å². The first-order chi connectivity index (χ1) is 11.3. The van der Waals surface area contributed by atoms with E-state index in [1.54, 1.807) is 6.07 Å². The highest BCUT2D eigenvalue weighted by atomic mass is 32.2. The highest BCUT2D eigenvalue weighted by molar-refractivity contribution is 7.89. The number of hydrogen-bond acceptors (Lipinski definition) is 4. The number of ether oxygens (including phenoxy) is 2. The molecule has 0 aliphatic heterocycles. The number of halogens is 2. The van der Waals surface area contributed by atoms with Crippen LogP contribution in [-0.2, 0) is 16.6 Å². The molecule has 0 saturated heterocycles. The van der Waals surface area contributed by atoms with Crippen molar-refractivity contribution >= 4 is 10.0 Å². The van der Waals surface area contributed by atoms with Gasteiger partial charge in [0.1, 0.15) is 16.5 Å². The van der Waals surface area contributed by atoms with Gasteiger partial charge in [-0.25, -0.2) is 17.2 Å². The van der Waals surface area contributed by atoms with Gasteiger partial charge in [0.25, 0.3) is 0 Å². The van der Waals surface area contributed by atoms with Gasteiger partial charge in [-0.2, -0.15) is 4.31 Å². The average Bonchev–Trinajstić information content (AvgIpc) is 2.56. The summed E-state index contributed by atoms with van der Waals surface area (Å²) in [6.45, 7) is -0.233. The molecule has 0 fully saturated rings. The van der Waals surface area contributed by atoms with Gasteiger partial charge in [0.15, 0.2) is 11.5 Å². The molecule has 0 spiro atoms. The standard InChI is InChI=1S/C16H17F2NO4S/c1-19(10-11-6-4-5-7-12(11)17)24(20,21)16-9-15(23-3)14(22-2)8-13(16)18/h4-9H,10H2,1-3H3. The Morgan fingerprint density at radius 1 is 1.00 bits per heavy atom. The highest BCUT2D eigenvalue weighted by Gasteiger charge is 2.27. The third-order valence-corrected chi connectivity index (χ3v) is 5.30. The van der Waals surface area contributed by atoms with E-state index < -0.39 is 26.6 Å². The molecule has 0 unspecified atom stereocenters. The smallest absolute Gasteiger partial charge is 0.246 e. The summed E-state index contributed by atoms with van der Waals surface area (Å²) in [4.78, 5) is -0.570. The van der Waals surface area contributed by atoms with Gasteiger partial charge >= 0.3 is 0 Å². The summed E-state index contributed by atoms with van der Waals surface area (Å²) in [5.74, 6) is -1.36. The van der Waals surface area contributed by atoms with Gasteiger partial charge in [-0.3, -0.25) is 0 Å². The Bertz CT molecular complexity index is 840. The van der Waals surface area contributed by atoms with Gasteiger partial charge in [0, 0.05) is 31.3 Å². The van der Waals surface area contributed by atoms with Gasteiger partial charge in [-0.1, -0.05) is 18.2 Å². The molecule has 0 bridgehead atoms. The topological polar surface area (TPSA) is 55.8 Å². The van der Waals surface area contributed by atoms with E-state index in [1.165, 1.54) is 39.5 Å². The first-order valence-electron chi connectivity index (χ1n) is 6.92. The fourth-order valence-electron chi connectivity index (χ4n) is 2.15. The van der Waals surface area contributed by atoms with Crippen LogP contribution in [0.2, 0.25) is 0 Å². The summed E-state index contributed by atoms with van der Waals surface area (Å²) in [6.07, 6.45) is 0. The van der Waals surface area contributed by atoms with E-state index in [-0.39, 0.29) is 23.6 Å². The second-order valence-electron chi connectivity index (χ2n) is 4.99. The highest BCUT2D eigenvalue weighted by Crippen LogP contribution is 2.33. The molecule has 0 N–H and O–H groups in total. The molecular weight excluding hydrogens is 340 g/mol. The maximum absolute atomic E-state index is 14.2. The zero-order valence-corrected chi connectivity index (χ0v) is 14.2. The number of nitrogens with zero attached hydrogens (tertiary/aromatic N) is 1. The average molecular weight is 357 g/mol. The van der Waals surface area contributed by atoms with Crippen molar-refractivity contribution in [2.45, 2.75) is 11.4 Å². The monoisotopic (exact) mass is 357 g/mol. The second-order valence-corrected chi connectivity index (χ2v) is 7.00. The Hall–Kier alpha value is -2.19. The van der Waals surface area contributed by atoms with Crippen LogP contribution in [-0.4, -0.2) is 34.0 Å². The van der Waals surface area contributed by atoms with Gasteiger partial charge < -0.3 is 9.47 Å². The lowest BCUT2D eigenvalue weighted by Gasteiger charge is -2.19. The van der Waals surface area contributed by atoms with Crippen molar-refractivity contribution in [2.24, 2.45) is 0 Å². The van der Waals surface area contributed by atoms with Crippen LogP contribution < -0.4 is 9.47 Å². The molecule has 0 amide bonds. The van der Waals surface area contributed by atoms with E-state index in [4.69, 9.17) is 9.47 Å². The van der Waals surface area contributed by atoms with Crippen molar-refractivity contribution in [2.75, 3.05) is 21.3 Å². The zero-order valence-electron chi connectivity index (χ0n) is 13.4. The predicted octanol–water partition coefficient (Wildman–Crippen LogP) is 2.80. The van der Waals surface area contributed by atoms with Crippen LogP contribution in [0.5, 0.6) is 11.5 Å². The first kappa shape index (κ1) is 18.2. The summed E-state index contributed by atoms with van der Waals surface area (Å²) in [6, 6.07) is 7.76. The fraction of sp³-hybridized carbons (Fsp3) is 0.250. The maximum atomic E-state index is 14.2. The van der Waals surface area contributed by atoms with Crippen LogP contribution >= 0.6 is 0 Å². The van der Waals surface area contributed by atoms with Crippen molar-refractivity contribution in [3.05, 3.63) is 53.6 Å². The van der Waals surface area contributed by atoms with Gasteiger partial charge in [0.2, 0.25) is 10.0 Å². The Morgan fingerprint density at radius 2 is 1.58 bits per heavy atom. The Morgan fingerprint density at radius 3 is 2.17 bits per heavy atom. The maximum Gasteiger partial charge on any atom is 0.246 e. The molecule has 0 aliphatic rings. The quantitative estimate of drug-likeness (QED) is 0.798. The first-order valence-corrected chi connectivity index (χ1v) is 8.36. The molecule has 2 rings (SSSR count). The summed E-state index contributed by atoms with van der Waals surface area (Å²) >= 11 is 0. The summed E-state index contributed by atoms with van der Waals surface area (Å²) < 4.78 is 63.9. The molecule has 0 aromatic heterocycles. The van der Waals surface area contributed by atoms with E-state index in [0.29, 0.717) is 0 Å². The largest absolute Gasteiger partial charge is 0.493 e. The van der Waals surface area contributed by atoms with Crippen molar-refractivity contribution in [3.63, 3.8) is 0 Å². The molecule has 8 heteroatoms. The van der Waals surface area contributed by atoms with Crippen LogP contribution in [0.4, 0.5) is 8.78 Å². The molecule has 2 aromatic carbocycles. The minimum atomic E-state index is -4.19. The minimum absolute atomic E-state index is 0.0747. The van der Waals surface area contributed by atoms with Crippen LogP contribution in [0.25, 0.3) is 0 Å². The minimum Gasteiger partial charge on any atom is -0.493 e. The number of benzene rings is 2. The van der Waals surface area contributed by atoms with Crippen LogP contribution in [0.1, 0.15) is 5.56 Å². The number of methoxy groups -OCH3 is 2. The molecule has 24 heavy (non-hydrogen) atoms. The molecule has 0 radical (unpaired) electrons.